The molecule has 0 radical (unpaired) electrons. The topological polar surface area (TPSA) is 40.6 Å². The van der Waals surface area contributed by atoms with Crippen LogP contribution in [0.1, 0.15) is 38.9 Å². The molecule has 2 aliphatic heterocycles. The van der Waals surface area contributed by atoms with Gasteiger partial charge in [0.15, 0.2) is 0 Å². The van der Waals surface area contributed by atoms with Gasteiger partial charge in [0, 0.05) is 13.1 Å². The average molecular weight is 437 g/mol. The fourth-order valence-corrected chi connectivity index (χ4v) is 4.85. The highest BCUT2D eigenvalue weighted by Gasteiger charge is 2.43. The van der Waals surface area contributed by atoms with Crippen LogP contribution in [0.5, 0.6) is 0 Å². The summed E-state index contributed by atoms with van der Waals surface area (Å²) < 4.78 is 0. The lowest BCUT2D eigenvalue weighted by Crippen LogP contribution is -2.37. The molecule has 5 rings (SSSR count). The standard InChI is InChI=1S/C29H28N2O2/c1-18-12-13-23(16-20(18)3)26-27(30-15-14-22-9-5-6-10-24(22)17-30)29(33)31(28(26)32)25-11-7-8-19(2)21(25)4/h5-13,16H,14-15,17H2,1-4H3. The van der Waals surface area contributed by atoms with Crippen LogP contribution in [0.2, 0.25) is 0 Å². The monoisotopic (exact) mass is 436 g/mol. The van der Waals surface area contributed by atoms with Crippen LogP contribution < -0.4 is 4.90 Å². The molecular formula is C29H28N2O2. The van der Waals surface area contributed by atoms with Gasteiger partial charge >= 0.3 is 0 Å². The van der Waals surface area contributed by atoms with E-state index in [0.29, 0.717) is 30.0 Å². The van der Waals surface area contributed by atoms with Crippen LogP contribution in [0.25, 0.3) is 5.57 Å². The molecule has 0 spiro atoms. The first-order valence-electron chi connectivity index (χ1n) is 11.5. The molecule has 4 nitrogen and oxygen atoms in total. The van der Waals surface area contributed by atoms with Crippen molar-refractivity contribution in [2.24, 2.45) is 0 Å². The molecule has 2 heterocycles. The molecule has 0 aliphatic carbocycles. The van der Waals surface area contributed by atoms with Crippen molar-refractivity contribution in [3.05, 3.63) is 105 Å². The Morgan fingerprint density at radius 3 is 2.24 bits per heavy atom. The molecular weight excluding hydrogens is 408 g/mol. The fourth-order valence-electron chi connectivity index (χ4n) is 4.85. The highest BCUT2D eigenvalue weighted by Crippen LogP contribution is 2.38. The van der Waals surface area contributed by atoms with E-state index in [1.165, 1.54) is 16.0 Å². The summed E-state index contributed by atoms with van der Waals surface area (Å²) in [7, 11) is 0. The minimum atomic E-state index is -0.245. The summed E-state index contributed by atoms with van der Waals surface area (Å²) in [6, 6.07) is 20.1. The van der Waals surface area contributed by atoms with Crippen molar-refractivity contribution in [2.75, 3.05) is 11.4 Å². The number of hydrogen-bond acceptors (Lipinski definition) is 3. The van der Waals surface area contributed by atoms with Gasteiger partial charge in [-0.1, -0.05) is 54.6 Å². The molecule has 0 saturated carbocycles. The molecule has 3 aromatic carbocycles. The summed E-state index contributed by atoms with van der Waals surface area (Å²) >= 11 is 0. The van der Waals surface area contributed by atoms with Gasteiger partial charge in [0.1, 0.15) is 5.70 Å². The Kier molecular flexibility index (Phi) is 5.16. The summed E-state index contributed by atoms with van der Waals surface area (Å²) in [5.74, 6) is -0.480. The summed E-state index contributed by atoms with van der Waals surface area (Å²) in [6.45, 7) is 9.40. The number of hydrogen-bond donors (Lipinski definition) is 0. The van der Waals surface area contributed by atoms with Gasteiger partial charge in [-0.2, -0.15) is 0 Å². The van der Waals surface area contributed by atoms with E-state index in [4.69, 9.17) is 0 Å². The molecule has 33 heavy (non-hydrogen) atoms. The molecule has 2 aliphatic rings. The van der Waals surface area contributed by atoms with Crippen molar-refractivity contribution in [2.45, 2.75) is 40.7 Å². The van der Waals surface area contributed by atoms with Crippen molar-refractivity contribution in [1.29, 1.82) is 0 Å². The molecule has 4 heteroatoms. The average Bonchev–Trinajstić information content (AvgIpc) is 3.07. The van der Waals surface area contributed by atoms with Crippen molar-refractivity contribution in [1.82, 2.24) is 4.90 Å². The molecule has 2 amide bonds. The fraction of sp³-hybridized carbons (Fsp3) is 0.241. The van der Waals surface area contributed by atoms with Crippen molar-refractivity contribution in [3.63, 3.8) is 0 Å². The Hall–Kier alpha value is -3.66. The Labute approximate surface area is 195 Å². The zero-order valence-electron chi connectivity index (χ0n) is 19.6. The Morgan fingerprint density at radius 1 is 0.727 bits per heavy atom. The Bertz CT molecular complexity index is 1340. The van der Waals surface area contributed by atoms with Crippen molar-refractivity contribution < 1.29 is 9.59 Å². The minimum absolute atomic E-state index is 0.235. The van der Waals surface area contributed by atoms with E-state index in [1.54, 1.807) is 0 Å². The lowest BCUT2D eigenvalue weighted by atomic mass is 9.96. The number of aryl methyl sites for hydroxylation is 3. The number of imide groups is 1. The largest absolute Gasteiger partial charge is 0.362 e. The second-order valence-electron chi connectivity index (χ2n) is 9.13. The molecule has 3 aromatic rings. The Morgan fingerprint density at radius 2 is 1.48 bits per heavy atom. The first-order chi connectivity index (χ1) is 15.9. The maximum Gasteiger partial charge on any atom is 0.282 e. The van der Waals surface area contributed by atoms with Gasteiger partial charge in [-0.3, -0.25) is 9.59 Å². The molecule has 0 aromatic heterocycles. The maximum atomic E-state index is 13.9. The van der Waals surface area contributed by atoms with Gasteiger partial charge in [-0.05, 0) is 79.1 Å². The predicted molar refractivity (Wildman–Crippen MR) is 132 cm³/mol. The molecule has 0 saturated heterocycles. The maximum absolute atomic E-state index is 13.9. The van der Waals surface area contributed by atoms with Crippen LogP contribution in [0.15, 0.2) is 66.4 Å². The molecule has 0 atom stereocenters. The van der Waals surface area contributed by atoms with Crippen LogP contribution in [0.3, 0.4) is 0 Å². The van der Waals surface area contributed by atoms with Gasteiger partial charge in [-0.25, -0.2) is 4.90 Å². The smallest absolute Gasteiger partial charge is 0.282 e. The van der Waals surface area contributed by atoms with E-state index in [1.807, 2.05) is 63.2 Å². The molecule has 0 N–H and O–H groups in total. The second kappa shape index (κ2) is 8.04. The van der Waals surface area contributed by atoms with E-state index in [9.17, 15) is 9.59 Å². The summed E-state index contributed by atoms with van der Waals surface area (Å²) in [5, 5.41) is 0. The summed E-state index contributed by atoms with van der Waals surface area (Å²) in [4.78, 5) is 31.3. The zero-order valence-corrected chi connectivity index (χ0v) is 19.6. The van der Waals surface area contributed by atoms with Gasteiger partial charge in [0.2, 0.25) is 0 Å². The number of anilines is 1. The van der Waals surface area contributed by atoms with Crippen LogP contribution in [0, 0.1) is 27.7 Å². The predicted octanol–water partition coefficient (Wildman–Crippen LogP) is 5.26. The van der Waals surface area contributed by atoms with Crippen molar-refractivity contribution in [3.8, 4) is 0 Å². The van der Waals surface area contributed by atoms with Gasteiger partial charge in [0.25, 0.3) is 11.8 Å². The van der Waals surface area contributed by atoms with Crippen LogP contribution in [0.4, 0.5) is 5.69 Å². The number of nitrogens with zero attached hydrogens (tertiary/aromatic N) is 2. The van der Waals surface area contributed by atoms with E-state index < -0.39 is 0 Å². The van der Waals surface area contributed by atoms with Crippen LogP contribution >= 0.6 is 0 Å². The second-order valence-corrected chi connectivity index (χ2v) is 9.13. The Balaban J connectivity index is 1.66. The van der Waals surface area contributed by atoms with Gasteiger partial charge in [0.05, 0.1) is 11.3 Å². The SMILES string of the molecule is Cc1ccc(C2=C(N3CCc4ccccc4C3)C(=O)N(c3cccc(C)c3C)C2=O)cc1C. The minimum Gasteiger partial charge on any atom is -0.362 e. The van der Waals surface area contributed by atoms with Crippen LogP contribution in [-0.4, -0.2) is 23.3 Å². The van der Waals surface area contributed by atoms with E-state index in [-0.39, 0.29) is 11.8 Å². The third-order valence-corrected chi connectivity index (χ3v) is 7.12. The van der Waals surface area contributed by atoms with E-state index >= 15 is 0 Å². The van der Waals surface area contributed by atoms with E-state index in [0.717, 1.165) is 34.2 Å². The van der Waals surface area contributed by atoms with Crippen molar-refractivity contribution >= 4 is 23.1 Å². The van der Waals surface area contributed by atoms with E-state index in [2.05, 4.69) is 30.0 Å². The number of rotatable bonds is 3. The molecule has 166 valence electrons. The normalized spacial score (nSPS) is 16.0. The summed E-state index contributed by atoms with van der Waals surface area (Å²) in [6.07, 6.45) is 0.852. The zero-order chi connectivity index (χ0) is 23.3. The molecule has 0 fully saturated rings. The lowest BCUT2D eigenvalue weighted by molar-refractivity contribution is -0.120. The quantitative estimate of drug-likeness (QED) is 0.526. The highest BCUT2D eigenvalue weighted by atomic mass is 16.2. The molecule has 0 bridgehead atoms. The number of amides is 2. The number of carbonyl (C=O) groups is 2. The lowest BCUT2D eigenvalue weighted by Gasteiger charge is -2.31. The number of benzene rings is 3. The van der Waals surface area contributed by atoms with Gasteiger partial charge < -0.3 is 4.90 Å². The van der Waals surface area contributed by atoms with Gasteiger partial charge in [-0.15, -0.1) is 0 Å². The molecule has 0 unspecified atom stereocenters. The third kappa shape index (κ3) is 3.46. The number of fused-ring (bicyclic) bond motifs is 1. The third-order valence-electron chi connectivity index (χ3n) is 7.12. The number of carbonyl (C=O) groups excluding carboxylic acids is 2. The summed E-state index contributed by atoms with van der Waals surface area (Å²) in [5.41, 5.74) is 9.28. The first-order valence-corrected chi connectivity index (χ1v) is 11.5. The highest BCUT2D eigenvalue weighted by molar-refractivity contribution is 6.45. The van der Waals surface area contributed by atoms with Crippen LogP contribution in [-0.2, 0) is 22.6 Å². The first kappa shape index (κ1) is 21.2.